The number of thiophene rings is 1. The Morgan fingerprint density at radius 1 is 1.56 bits per heavy atom. The highest BCUT2D eigenvalue weighted by atomic mass is 79.9. The van der Waals surface area contributed by atoms with E-state index in [0.29, 0.717) is 0 Å². The second-order valence-corrected chi connectivity index (χ2v) is 4.44. The van der Waals surface area contributed by atoms with Gasteiger partial charge in [-0.15, -0.1) is 11.3 Å². The third-order valence-electron chi connectivity index (χ3n) is 0.814. The molecule has 0 aliphatic rings. The van der Waals surface area contributed by atoms with Crippen molar-refractivity contribution in [3.63, 3.8) is 0 Å². The van der Waals surface area contributed by atoms with Crippen LogP contribution in [0.3, 0.4) is 0 Å². The van der Waals surface area contributed by atoms with Gasteiger partial charge < -0.3 is 5.32 Å². The van der Waals surface area contributed by atoms with Crippen molar-refractivity contribution in [1.29, 1.82) is 0 Å². The molecule has 0 bridgehead atoms. The van der Waals surface area contributed by atoms with Gasteiger partial charge in [0.25, 0.3) is 0 Å². The van der Waals surface area contributed by atoms with Crippen LogP contribution >= 0.6 is 43.2 Å². The first-order valence-electron chi connectivity index (χ1n) is 2.38. The van der Waals surface area contributed by atoms with Crippen molar-refractivity contribution < 1.29 is 0 Å². The van der Waals surface area contributed by atoms with Crippen LogP contribution in [0.2, 0.25) is 0 Å². The molecule has 0 saturated carbocycles. The zero-order valence-corrected chi connectivity index (χ0v) is 8.51. The van der Waals surface area contributed by atoms with E-state index in [4.69, 9.17) is 0 Å². The second kappa shape index (κ2) is 3.58. The first kappa shape index (κ1) is 7.57. The van der Waals surface area contributed by atoms with E-state index in [1.54, 1.807) is 11.3 Å². The molecule has 0 fully saturated rings. The molecule has 0 spiro atoms. The van der Waals surface area contributed by atoms with Gasteiger partial charge in [0.1, 0.15) is 0 Å². The average Bonchev–Trinajstić information content (AvgIpc) is 2.17. The van der Waals surface area contributed by atoms with Gasteiger partial charge in [-0.3, -0.25) is 0 Å². The molecule has 1 N–H and O–H groups in total. The summed E-state index contributed by atoms with van der Waals surface area (Å²) in [5.41, 5.74) is 0.806. The minimum atomic E-state index is 0.806. The third kappa shape index (κ3) is 2.27. The maximum Gasteiger partial charge on any atom is 0.0900 e. The van der Waals surface area contributed by atoms with Gasteiger partial charge in [-0.1, -0.05) is 15.9 Å². The fraction of sp³-hybridized carbons (Fsp3) is 0.200. The standard InChI is InChI=1S/C5H5Br2NS/c6-3-8-5-2-1-4(7)9-5/h1-2,8H,3H2. The van der Waals surface area contributed by atoms with Crippen LogP contribution in [-0.2, 0) is 0 Å². The second-order valence-electron chi connectivity index (χ2n) is 1.41. The minimum Gasteiger partial charge on any atom is -0.367 e. The lowest BCUT2D eigenvalue weighted by Gasteiger charge is -1.92. The highest BCUT2D eigenvalue weighted by Crippen LogP contribution is 2.26. The number of hydrogen-bond donors (Lipinski definition) is 1. The van der Waals surface area contributed by atoms with Crippen molar-refractivity contribution in [1.82, 2.24) is 0 Å². The highest BCUT2D eigenvalue weighted by molar-refractivity contribution is 9.11. The van der Waals surface area contributed by atoms with E-state index in [1.807, 2.05) is 12.1 Å². The Bertz CT molecular complexity index is 187. The van der Waals surface area contributed by atoms with E-state index in [1.165, 1.54) is 5.00 Å². The zero-order valence-electron chi connectivity index (χ0n) is 4.53. The van der Waals surface area contributed by atoms with Gasteiger partial charge in [-0.05, 0) is 28.1 Å². The Balaban J connectivity index is 2.61. The molecule has 1 rings (SSSR count). The van der Waals surface area contributed by atoms with Crippen molar-refractivity contribution in [3.8, 4) is 0 Å². The predicted molar refractivity (Wildman–Crippen MR) is 49.4 cm³/mol. The lowest BCUT2D eigenvalue weighted by atomic mass is 10.6. The molecule has 0 atom stereocenters. The van der Waals surface area contributed by atoms with Crippen LogP contribution in [0, 0.1) is 0 Å². The summed E-state index contributed by atoms with van der Waals surface area (Å²) in [6.45, 7) is 0. The molecule has 0 unspecified atom stereocenters. The number of anilines is 1. The molecule has 1 heterocycles. The van der Waals surface area contributed by atoms with Gasteiger partial charge in [0.2, 0.25) is 0 Å². The molecule has 50 valence electrons. The van der Waals surface area contributed by atoms with Crippen LogP contribution in [0.25, 0.3) is 0 Å². The summed E-state index contributed by atoms with van der Waals surface area (Å²) in [5, 5.41) is 4.31. The van der Waals surface area contributed by atoms with Crippen LogP contribution < -0.4 is 5.32 Å². The lowest BCUT2D eigenvalue weighted by Crippen LogP contribution is -1.88. The summed E-state index contributed by atoms with van der Waals surface area (Å²) in [4.78, 5) is 0. The van der Waals surface area contributed by atoms with Crippen LogP contribution in [0.15, 0.2) is 15.9 Å². The minimum absolute atomic E-state index is 0.806. The summed E-state index contributed by atoms with van der Waals surface area (Å²) < 4.78 is 1.16. The van der Waals surface area contributed by atoms with Crippen molar-refractivity contribution >= 4 is 48.2 Å². The van der Waals surface area contributed by atoms with E-state index in [0.717, 1.165) is 9.24 Å². The van der Waals surface area contributed by atoms with Gasteiger partial charge in [-0.25, -0.2) is 0 Å². The summed E-state index contributed by atoms with van der Waals surface area (Å²) >= 11 is 8.33. The van der Waals surface area contributed by atoms with Crippen LogP contribution in [0.4, 0.5) is 5.00 Å². The molecule has 0 radical (unpaired) electrons. The number of nitrogens with one attached hydrogen (secondary N) is 1. The Hall–Kier alpha value is 0.460. The highest BCUT2D eigenvalue weighted by Gasteiger charge is 1.92. The number of hydrogen-bond acceptors (Lipinski definition) is 2. The molecule has 1 nitrogen and oxygen atoms in total. The fourth-order valence-electron chi connectivity index (χ4n) is 0.475. The first-order chi connectivity index (χ1) is 4.33. The normalized spacial score (nSPS) is 9.56. The van der Waals surface area contributed by atoms with E-state index in [2.05, 4.69) is 37.2 Å². The summed E-state index contributed by atoms with van der Waals surface area (Å²) in [7, 11) is 0. The maximum absolute atomic E-state index is 3.37. The third-order valence-corrected chi connectivity index (χ3v) is 2.68. The molecule has 4 heteroatoms. The lowest BCUT2D eigenvalue weighted by molar-refractivity contribution is 1.55. The van der Waals surface area contributed by atoms with Crippen LogP contribution in [0.5, 0.6) is 0 Å². The molecule has 0 aliphatic heterocycles. The number of halogens is 2. The Kier molecular flexibility index (Phi) is 3.01. The molecule has 0 aliphatic carbocycles. The molecular formula is C5H5Br2NS. The van der Waals surface area contributed by atoms with Crippen molar-refractivity contribution in [2.24, 2.45) is 0 Å². The first-order valence-corrected chi connectivity index (χ1v) is 5.11. The van der Waals surface area contributed by atoms with E-state index in [-0.39, 0.29) is 0 Å². The summed E-state index contributed by atoms with van der Waals surface area (Å²) in [5.74, 6) is 0. The number of rotatable bonds is 2. The van der Waals surface area contributed by atoms with E-state index in [9.17, 15) is 0 Å². The van der Waals surface area contributed by atoms with Gasteiger partial charge in [0, 0.05) is 0 Å². The average molecular weight is 271 g/mol. The van der Waals surface area contributed by atoms with Gasteiger partial charge in [-0.2, -0.15) is 0 Å². The summed E-state index contributed by atoms with van der Waals surface area (Å²) in [6, 6.07) is 4.06. The Labute approximate surface area is 74.7 Å². The molecular weight excluding hydrogens is 266 g/mol. The van der Waals surface area contributed by atoms with Crippen molar-refractivity contribution in [2.75, 3.05) is 10.8 Å². The van der Waals surface area contributed by atoms with Crippen molar-refractivity contribution in [3.05, 3.63) is 15.9 Å². The van der Waals surface area contributed by atoms with E-state index < -0.39 is 0 Å². The largest absolute Gasteiger partial charge is 0.367 e. The van der Waals surface area contributed by atoms with Gasteiger partial charge in [0.15, 0.2) is 0 Å². The molecule has 1 aromatic rings. The monoisotopic (exact) mass is 269 g/mol. The molecule has 0 aromatic carbocycles. The van der Waals surface area contributed by atoms with Gasteiger partial charge >= 0.3 is 0 Å². The van der Waals surface area contributed by atoms with Crippen molar-refractivity contribution in [2.45, 2.75) is 0 Å². The van der Waals surface area contributed by atoms with Crippen LogP contribution in [-0.4, -0.2) is 5.45 Å². The van der Waals surface area contributed by atoms with E-state index >= 15 is 0 Å². The molecule has 9 heavy (non-hydrogen) atoms. The quantitative estimate of drug-likeness (QED) is 0.643. The fourth-order valence-corrected chi connectivity index (χ4v) is 2.24. The smallest absolute Gasteiger partial charge is 0.0900 e. The Morgan fingerprint density at radius 3 is 2.78 bits per heavy atom. The molecule has 0 amide bonds. The van der Waals surface area contributed by atoms with Gasteiger partial charge in [0.05, 0.1) is 14.2 Å². The Morgan fingerprint density at radius 2 is 2.33 bits per heavy atom. The molecule has 0 saturated heterocycles. The molecule has 1 aromatic heterocycles. The number of alkyl halides is 1. The summed E-state index contributed by atoms with van der Waals surface area (Å²) in [6.07, 6.45) is 0. The zero-order chi connectivity index (χ0) is 6.69. The van der Waals surface area contributed by atoms with Crippen LogP contribution in [0.1, 0.15) is 0 Å². The topological polar surface area (TPSA) is 12.0 Å². The predicted octanol–water partition coefficient (Wildman–Crippen LogP) is 3.27. The maximum atomic E-state index is 3.37. The SMILES string of the molecule is BrCNc1ccc(Br)s1.